The lowest BCUT2D eigenvalue weighted by Crippen LogP contribution is -2.44. The lowest BCUT2D eigenvalue weighted by atomic mass is 10.1. The fraction of sp³-hybridized carbons (Fsp3) is 0.217. The van der Waals surface area contributed by atoms with E-state index in [1.54, 1.807) is 36.4 Å². The normalized spacial score (nSPS) is 14.2. The maximum Gasteiger partial charge on any atom is 0.269 e. The summed E-state index contributed by atoms with van der Waals surface area (Å²) in [5, 5.41) is 27.0. The van der Waals surface area contributed by atoms with Crippen LogP contribution in [0.15, 0.2) is 60.7 Å². The average molecular weight is 450 g/mol. The zero-order chi connectivity index (χ0) is 23.8. The van der Waals surface area contributed by atoms with E-state index in [0.29, 0.717) is 17.0 Å². The molecule has 2 aromatic carbocycles. The van der Waals surface area contributed by atoms with Crippen LogP contribution in [0.4, 0.5) is 11.4 Å². The van der Waals surface area contributed by atoms with Crippen LogP contribution in [0.25, 0.3) is 12.2 Å². The van der Waals surface area contributed by atoms with Gasteiger partial charge in [0.05, 0.1) is 9.85 Å². The van der Waals surface area contributed by atoms with Crippen LogP contribution in [0.1, 0.15) is 24.0 Å². The fourth-order valence-corrected chi connectivity index (χ4v) is 3.09. The van der Waals surface area contributed by atoms with Crippen molar-refractivity contribution >= 4 is 35.3 Å². The minimum Gasteiger partial charge on any atom is -0.350 e. The van der Waals surface area contributed by atoms with Crippen LogP contribution >= 0.6 is 0 Å². The van der Waals surface area contributed by atoms with Gasteiger partial charge in [0.15, 0.2) is 0 Å². The number of rotatable bonds is 10. The number of nitro benzene ring substituents is 2. The zero-order valence-electron chi connectivity index (χ0n) is 17.5. The van der Waals surface area contributed by atoms with Crippen molar-refractivity contribution in [2.75, 3.05) is 6.54 Å². The molecular formula is C23H22N4O6. The smallest absolute Gasteiger partial charge is 0.269 e. The van der Waals surface area contributed by atoms with Crippen molar-refractivity contribution in [1.29, 1.82) is 0 Å². The van der Waals surface area contributed by atoms with Gasteiger partial charge in [-0.15, -0.1) is 0 Å². The van der Waals surface area contributed by atoms with Gasteiger partial charge in [0.2, 0.25) is 11.8 Å². The molecule has 2 aromatic rings. The number of nitro groups is 2. The van der Waals surface area contributed by atoms with Gasteiger partial charge in [-0.3, -0.25) is 29.8 Å². The second-order valence-corrected chi connectivity index (χ2v) is 7.56. The zero-order valence-corrected chi connectivity index (χ0v) is 17.5. The van der Waals surface area contributed by atoms with Crippen LogP contribution < -0.4 is 10.6 Å². The number of non-ortho nitro benzene ring substituents is 2. The summed E-state index contributed by atoms with van der Waals surface area (Å²) in [7, 11) is 0. The van der Waals surface area contributed by atoms with E-state index in [2.05, 4.69) is 10.6 Å². The third kappa shape index (κ3) is 7.39. The van der Waals surface area contributed by atoms with Gasteiger partial charge in [-0.2, -0.15) is 0 Å². The Morgan fingerprint density at radius 1 is 0.848 bits per heavy atom. The molecule has 170 valence electrons. The molecule has 0 spiro atoms. The molecule has 10 nitrogen and oxygen atoms in total. The highest BCUT2D eigenvalue weighted by Crippen LogP contribution is 2.32. The summed E-state index contributed by atoms with van der Waals surface area (Å²) in [6.45, 7) is 0.269. The molecule has 2 amide bonds. The second-order valence-electron chi connectivity index (χ2n) is 7.56. The maximum atomic E-state index is 12.3. The first-order valence-corrected chi connectivity index (χ1v) is 10.3. The molecule has 1 aliphatic carbocycles. The predicted molar refractivity (Wildman–Crippen MR) is 122 cm³/mol. The Balaban J connectivity index is 1.49. The number of hydrogen-bond donors (Lipinski definition) is 2. The Labute approximate surface area is 189 Å². The average Bonchev–Trinajstić information content (AvgIpc) is 3.65. The largest absolute Gasteiger partial charge is 0.350 e. The Bertz CT molecular complexity index is 1090. The highest BCUT2D eigenvalue weighted by molar-refractivity contribution is 5.93. The Morgan fingerprint density at radius 2 is 1.30 bits per heavy atom. The van der Waals surface area contributed by atoms with Crippen molar-refractivity contribution in [3.05, 3.63) is 92.0 Å². The van der Waals surface area contributed by atoms with E-state index < -0.39 is 9.85 Å². The number of benzene rings is 2. The first-order valence-electron chi connectivity index (χ1n) is 10.3. The lowest BCUT2D eigenvalue weighted by molar-refractivity contribution is -0.385. The van der Waals surface area contributed by atoms with E-state index in [9.17, 15) is 29.8 Å². The van der Waals surface area contributed by atoms with E-state index in [1.165, 1.54) is 36.4 Å². The highest BCUT2D eigenvalue weighted by atomic mass is 16.6. The molecule has 33 heavy (non-hydrogen) atoms. The molecule has 1 aliphatic rings. The monoisotopic (exact) mass is 450 g/mol. The van der Waals surface area contributed by atoms with E-state index >= 15 is 0 Å². The molecule has 10 heteroatoms. The molecule has 2 N–H and O–H groups in total. The van der Waals surface area contributed by atoms with Crippen LogP contribution in [0.3, 0.4) is 0 Å². The second kappa shape index (κ2) is 10.8. The van der Waals surface area contributed by atoms with Crippen molar-refractivity contribution in [2.45, 2.75) is 18.9 Å². The van der Waals surface area contributed by atoms with Crippen molar-refractivity contribution < 1.29 is 19.4 Å². The Hall–Kier alpha value is -4.34. The van der Waals surface area contributed by atoms with E-state index in [4.69, 9.17) is 0 Å². The molecule has 0 saturated heterocycles. The molecule has 1 saturated carbocycles. The van der Waals surface area contributed by atoms with E-state index in [-0.39, 0.29) is 35.8 Å². The number of nitrogens with one attached hydrogen (secondary N) is 2. The molecule has 0 aromatic heterocycles. The topological polar surface area (TPSA) is 144 Å². The van der Waals surface area contributed by atoms with Gasteiger partial charge in [0, 0.05) is 49.0 Å². The van der Waals surface area contributed by atoms with Crippen LogP contribution in [-0.4, -0.2) is 34.2 Å². The summed E-state index contributed by atoms with van der Waals surface area (Å²) in [4.78, 5) is 44.8. The molecular weight excluding hydrogens is 428 g/mol. The lowest BCUT2D eigenvalue weighted by Gasteiger charge is -2.17. The van der Waals surface area contributed by atoms with Crippen LogP contribution in [0.5, 0.6) is 0 Å². The van der Waals surface area contributed by atoms with Crippen molar-refractivity contribution in [3.8, 4) is 0 Å². The number of hydrogen-bond acceptors (Lipinski definition) is 6. The quantitative estimate of drug-likeness (QED) is 0.323. The number of amides is 2. The van der Waals surface area contributed by atoms with Crippen LogP contribution in [0, 0.1) is 26.1 Å². The molecule has 0 bridgehead atoms. The third-order valence-electron chi connectivity index (χ3n) is 5.08. The maximum absolute atomic E-state index is 12.3. The molecule has 0 aliphatic heterocycles. The molecule has 3 rings (SSSR count). The Morgan fingerprint density at radius 3 is 1.73 bits per heavy atom. The molecule has 1 fully saturated rings. The van der Waals surface area contributed by atoms with E-state index in [0.717, 1.165) is 12.8 Å². The summed E-state index contributed by atoms with van der Waals surface area (Å²) >= 11 is 0. The van der Waals surface area contributed by atoms with Gasteiger partial charge in [-0.05, 0) is 66.3 Å². The van der Waals surface area contributed by atoms with Crippen LogP contribution in [-0.2, 0) is 9.59 Å². The minimum absolute atomic E-state index is 0.0243. The van der Waals surface area contributed by atoms with Gasteiger partial charge in [0.1, 0.15) is 0 Å². The van der Waals surface area contributed by atoms with Crippen molar-refractivity contribution in [1.82, 2.24) is 10.6 Å². The third-order valence-corrected chi connectivity index (χ3v) is 5.08. The van der Waals surface area contributed by atoms with Gasteiger partial charge in [-0.1, -0.05) is 0 Å². The van der Waals surface area contributed by atoms with Gasteiger partial charge in [-0.25, -0.2) is 0 Å². The van der Waals surface area contributed by atoms with Gasteiger partial charge < -0.3 is 10.6 Å². The predicted octanol–water partition coefficient (Wildman–Crippen LogP) is 3.24. The minimum atomic E-state index is -0.492. The van der Waals surface area contributed by atoms with E-state index in [1.807, 2.05) is 0 Å². The standard InChI is InChI=1S/C23H22N4O6/c28-22(13-5-16-1-9-19(10-2-16)26(30)31)24-15-21(18-7-8-18)25-23(29)14-6-17-3-11-20(12-4-17)27(32)33/h1-6,9-14,18,21H,7-8,15H2,(H,24,28)(H,25,29). The molecule has 1 unspecified atom stereocenters. The summed E-state index contributed by atoms with van der Waals surface area (Å²) in [6.07, 6.45) is 7.73. The summed E-state index contributed by atoms with van der Waals surface area (Å²) in [6, 6.07) is 11.4. The first-order chi connectivity index (χ1) is 15.8. The summed E-state index contributed by atoms with van der Waals surface area (Å²) in [5.41, 5.74) is 1.26. The fourth-order valence-electron chi connectivity index (χ4n) is 3.09. The number of nitrogens with zero attached hydrogens (tertiary/aromatic N) is 2. The SMILES string of the molecule is O=C(C=Cc1ccc([N+](=O)[O-])cc1)NCC(NC(=O)C=Cc1ccc([N+](=O)[O-])cc1)C1CC1. The first kappa shape index (κ1) is 23.3. The highest BCUT2D eigenvalue weighted by Gasteiger charge is 2.32. The Kier molecular flexibility index (Phi) is 7.64. The molecule has 0 radical (unpaired) electrons. The van der Waals surface area contributed by atoms with Crippen molar-refractivity contribution in [2.24, 2.45) is 5.92 Å². The van der Waals surface area contributed by atoms with Crippen LogP contribution in [0.2, 0.25) is 0 Å². The number of carbonyl (C=O) groups is 2. The molecule has 0 heterocycles. The molecule has 1 atom stereocenters. The number of carbonyl (C=O) groups excluding carboxylic acids is 2. The van der Waals surface area contributed by atoms with Crippen molar-refractivity contribution in [3.63, 3.8) is 0 Å². The van der Waals surface area contributed by atoms with Gasteiger partial charge >= 0.3 is 0 Å². The summed E-state index contributed by atoms with van der Waals surface area (Å²) in [5.74, 6) is -0.365. The van der Waals surface area contributed by atoms with Gasteiger partial charge in [0.25, 0.3) is 11.4 Å². The summed E-state index contributed by atoms with van der Waals surface area (Å²) < 4.78 is 0.